The number of carbonyl (C=O) groups excluding carboxylic acids is 4. The molecule has 16 nitrogen and oxygen atoms in total. The molecule has 612 valence electrons. The summed E-state index contributed by atoms with van der Waals surface area (Å²) in [5.41, 5.74) is 10.1. The van der Waals surface area contributed by atoms with Crippen LogP contribution in [0.5, 0.6) is 0 Å². The summed E-state index contributed by atoms with van der Waals surface area (Å²) in [5.74, 6) is 22.2. The topological polar surface area (TPSA) is 327 Å². The number of esters is 4. The van der Waals surface area contributed by atoms with Crippen molar-refractivity contribution in [3.05, 3.63) is 59.3 Å². The fourth-order valence-electron chi connectivity index (χ4n) is 36.7. The first kappa shape index (κ1) is 78.3. The third kappa shape index (κ3) is 10.5. The van der Waals surface area contributed by atoms with Crippen LogP contribution < -0.4 is 0 Å². The molecule has 4 spiro atoms. The van der Waals surface area contributed by atoms with E-state index in [1.54, 1.807) is 16.7 Å². The summed E-state index contributed by atoms with van der Waals surface area (Å²) in [6, 6.07) is 0. The number of allylic oxidation sites excluding steroid dienone is 9. The van der Waals surface area contributed by atoms with Crippen molar-refractivity contribution in [3.63, 3.8) is 0 Å². The largest absolute Gasteiger partial charge is 0.458 e. The molecule has 0 aromatic rings. The number of fused-ring (bicyclic) bond motifs is 36. The zero-order valence-electron chi connectivity index (χ0n) is 68.4. The van der Waals surface area contributed by atoms with E-state index in [9.17, 15) is 19.2 Å². The summed E-state index contributed by atoms with van der Waals surface area (Å²) in [4.78, 5) is 48.6. The molecule has 0 radical (unpaired) electrons. The molecule has 112 heavy (non-hydrogen) atoms. The molecule has 4 saturated heterocycles. The zero-order valence-corrected chi connectivity index (χ0v) is 68.4. The lowest BCUT2D eigenvalue weighted by atomic mass is 9.46. The first-order valence-corrected chi connectivity index (χ1v) is 45.5. The summed E-state index contributed by atoms with van der Waals surface area (Å²) >= 11 is 0. The van der Waals surface area contributed by atoms with Crippen molar-refractivity contribution in [2.24, 2.45) is 193 Å². The molecule has 24 unspecified atom stereocenters. The maximum Gasteiger partial charge on any atom is 0.306 e. The van der Waals surface area contributed by atoms with Gasteiger partial charge in [-0.05, 0) is 365 Å². The standard InChI is InChI=1S/C25H33NO2.C24H33NO2.C24H31NO2.C23H31NO2.4H2O/c1-24-8-6-17-16-5-4-15(26)10-14(16)11-18(13-2-3-13)22(17)23(24)19-12-20(19)25(24)9-7-21(27)28-25;2*1-3-13-10-14-11-15(25)4-5-16(14)17-6-8-23(2)22(21(13)17)18-12-19(18)24(23)9-7-20(26)27-24;1-12-9-13-10-14(24)3-4-15(13)16-5-7-22(2)21(20(12)16)17-11-18(17)23(22)8-6-19(25)26-23;;;;/h10,13,16-20,22-23,26H,2-9,11-12H2,1H3;11,13,16-19,21-22,25H,3-10,12H2,1-2H3;3,11,13,16-19,21-22,25H,1,4-10,12H2,2H3;10,12,15-18,20-21,24H,3-9,11H2,1-2H3;4*1H2/t16-,17?,18?,19?,20?,22?,23?,24-,25-;2*13?,16-,17?,18?,19?,21?,22?,23-,24-;12?,15-,16?,17?,18?,20?,21?,22-,23-;;;;/m0000..../s1. The molecule has 0 aromatic heterocycles. The summed E-state index contributed by atoms with van der Waals surface area (Å²) in [7, 11) is 0. The minimum atomic E-state index is -0.152. The van der Waals surface area contributed by atoms with E-state index in [2.05, 4.69) is 78.5 Å². The number of hydrogen-bond acceptors (Lipinski definition) is 12. The van der Waals surface area contributed by atoms with Gasteiger partial charge in [0, 0.05) is 93.9 Å². The second-order valence-electron chi connectivity index (χ2n) is 43.8. The average molecular weight is 1540 g/mol. The molecule has 4 aliphatic heterocycles. The smallest absolute Gasteiger partial charge is 0.306 e. The maximum absolute atomic E-state index is 12.2. The summed E-state index contributed by atoms with van der Waals surface area (Å²) in [5, 5.41) is 32.6. The highest BCUT2D eigenvalue weighted by Gasteiger charge is 2.84. The third-order valence-corrected chi connectivity index (χ3v) is 40.6. The Morgan fingerprint density at radius 2 is 0.688 bits per heavy atom. The number of rotatable bonds is 3. The molecule has 17 saturated carbocycles. The van der Waals surface area contributed by atoms with Crippen molar-refractivity contribution in [1.29, 1.82) is 21.6 Å². The molecule has 21 aliphatic carbocycles. The molecular formula is C96H136N4O12. The van der Waals surface area contributed by atoms with E-state index in [4.69, 9.17) is 40.6 Å². The van der Waals surface area contributed by atoms with Crippen molar-refractivity contribution in [1.82, 2.24) is 0 Å². The number of ether oxygens (including phenoxy) is 4. The van der Waals surface area contributed by atoms with Crippen LogP contribution in [0.2, 0.25) is 0 Å². The van der Waals surface area contributed by atoms with Crippen LogP contribution >= 0.6 is 0 Å². The normalized spacial score (nSPS) is 54.0. The molecule has 36 atom stereocenters. The Kier molecular flexibility index (Phi) is 18.6. The highest BCUT2D eigenvalue weighted by molar-refractivity contribution is 5.95. The molecule has 0 bridgehead atoms. The number of hydrogen-bond donors (Lipinski definition) is 4. The van der Waals surface area contributed by atoms with Crippen LogP contribution in [0.3, 0.4) is 0 Å². The van der Waals surface area contributed by atoms with Crippen molar-refractivity contribution in [2.75, 3.05) is 0 Å². The van der Waals surface area contributed by atoms with Gasteiger partial charge in [-0.2, -0.15) is 0 Å². The summed E-state index contributed by atoms with van der Waals surface area (Å²) < 4.78 is 24.9. The van der Waals surface area contributed by atoms with Crippen LogP contribution in [-0.4, -0.2) is 91.0 Å². The van der Waals surface area contributed by atoms with Gasteiger partial charge >= 0.3 is 23.9 Å². The van der Waals surface area contributed by atoms with Gasteiger partial charge in [-0.15, -0.1) is 6.58 Å². The van der Waals surface area contributed by atoms with E-state index in [1.807, 2.05) is 0 Å². The van der Waals surface area contributed by atoms with Crippen molar-refractivity contribution < 1.29 is 60.0 Å². The average Bonchev–Trinajstić information content (AvgIpc) is 1.51. The van der Waals surface area contributed by atoms with Gasteiger partial charge in [-0.1, -0.05) is 76.3 Å². The van der Waals surface area contributed by atoms with Crippen LogP contribution in [-0.2, 0) is 38.1 Å². The fraction of sp³-hybridized carbons (Fsp3) is 0.812. The minimum absolute atomic E-state index is 0. The Hall–Kier alpha value is -4.90. The molecule has 0 aromatic carbocycles. The van der Waals surface area contributed by atoms with E-state index < -0.39 is 0 Å². The monoisotopic (exact) mass is 1540 g/mol. The van der Waals surface area contributed by atoms with E-state index >= 15 is 0 Å². The Bertz CT molecular complexity index is 4130. The van der Waals surface area contributed by atoms with Crippen LogP contribution in [0.25, 0.3) is 0 Å². The van der Waals surface area contributed by atoms with Gasteiger partial charge in [0.1, 0.15) is 22.4 Å². The Morgan fingerprint density at radius 1 is 0.375 bits per heavy atom. The first-order chi connectivity index (χ1) is 51.9. The van der Waals surface area contributed by atoms with Crippen LogP contribution in [0, 0.1) is 215 Å². The van der Waals surface area contributed by atoms with Crippen LogP contribution in [0.1, 0.15) is 266 Å². The molecule has 25 aliphatic rings. The van der Waals surface area contributed by atoms with Gasteiger partial charge in [-0.25, -0.2) is 0 Å². The highest BCUT2D eigenvalue weighted by Crippen LogP contribution is 2.84. The molecule has 25 rings (SSSR count). The van der Waals surface area contributed by atoms with E-state index in [0.29, 0.717) is 78.9 Å². The SMILES string of the molecule is C=CC1CC2=CC(=N)CC[C@@H]2C2CC[C@@]3(C)C(C4CC4[C@@]34CCC(=O)O4)C12.CC1CC2=CC(=N)CC[C@@H]2C2CC[C@@]3(C)C(C4CC4[C@@]34CCC(=O)O4)C12.CCC1CC2=CC(=N)CC[C@@H]2C2CC[C@@]3(C)C(C4CC4[C@@]34CCC(=O)O4)C12.C[C@]12CCC3C(C(C4CC4)CC4=CC(=N)CC[C@@H]43)C1C1CC1[C@@]21CCC(=O)O1.O.O.O.O. The molecule has 21 fully saturated rings. The van der Waals surface area contributed by atoms with Crippen molar-refractivity contribution in [2.45, 2.75) is 289 Å². The highest BCUT2D eigenvalue weighted by atomic mass is 16.6. The Labute approximate surface area is 666 Å². The van der Waals surface area contributed by atoms with E-state index in [-0.39, 0.29) is 89.8 Å². The molecular weight excluding hydrogens is 1400 g/mol. The lowest BCUT2D eigenvalue weighted by molar-refractivity contribution is -0.177. The Balaban J connectivity index is 0.000000103. The van der Waals surface area contributed by atoms with Gasteiger partial charge in [0.2, 0.25) is 0 Å². The molecule has 16 heteroatoms. The predicted molar refractivity (Wildman–Crippen MR) is 430 cm³/mol. The minimum Gasteiger partial charge on any atom is -0.458 e. The molecule has 0 amide bonds. The lowest BCUT2D eigenvalue weighted by Gasteiger charge is -2.59. The predicted octanol–water partition coefficient (Wildman–Crippen LogP) is 16.7. The maximum atomic E-state index is 12.2. The summed E-state index contributed by atoms with van der Waals surface area (Å²) in [6.45, 7) is 19.1. The van der Waals surface area contributed by atoms with Crippen LogP contribution in [0.4, 0.5) is 0 Å². The first-order valence-electron chi connectivity index (χ1n) is 45.5. The number of nitrogens with one attached hydrogen (secondary N) is 4. The van der Waals surface area contributed by atoms with Gasteiger partial charge in [-0.3, -0.25) is 19.2 Å². The van der Waals surface area contributed by atoms with Crippen molar-refractivity contribution in [3.8, 4) is 0 Å². The van der Waals surface area contributed by atoms with E-state index in [1.165, 1.54) is 147 Å². The third-order valence-electron chi connectivity index (χ3n) is 40.6. The zero-order chi connectivity index (χ0) is 73.8. The fourth-order valence-corrected chi connectivity index (χ4v) is 36.7. The van der Waals surface area contributed by atoms with Gasteiger partial charge in [0.05, 0.1) is 0 Å². The van der Waals surface area contributed by atoms with Gasteiger partial charge in [0.25, 0.3) is 0 Å². The van der Waals surface area contributed by atoms with Gasteiger partial charge < -0.3 is 62.5 Å². The van der Waals surface area contributed by atoms with Crippen LogP contribution in [0.15, 0.2) is 59.3 Å². The quantitative estimate of drug-likeness (QED) is 0.119. The van der Waals surface area contributed by atoms with E-state index in [0.717, 1.165) is 199 Å². The second-order valence-corrected chi connectivity index (χ2v) is 43.8. The van der Waals surface area contributed by atoms with Gasteiger partial charge in [0.15, 0.2) is 0 Å². The number of carbonyl (C=O) groups is 4. The lowest BCUT2D eigenvalue weighted by Crippen LogP contribution is -2.57. The second kappa shape index (κ2) is 26.6. The van der Waals surface area contributed by atoms with Crippen molar-refractivity contribution >= 4 is 46.7 Å². The summed E-state index contributed by atoms with van der Waals surface area (Å²) in [6.07, 6.45) is 50.7. The molecule has 4 heterocycles. The molecule has 12 N–H and O–H groups in total. The Morgan fingerprint density at radius 3 is 1.04 bits per heavy atom.